The topological polar surface area (TPSA) is 80.0 Å². The molecule has 1 atom stereocenters. The van der Waals surface area contributed by atoms with E-state index in [4.69, 9.17) is 5.11 Å². The van der Waals surface area contributed by atoms with Gasteiger partial charge in [-0.3, -0.25) is 4.98 Å². The number of aromatic nitrogens is 3. The molecule has 0 saturated carbocycles. The van der Waals surface area contributed by atoms with E-state index >= 15 is 0 Å². The van der Waals surface area contributed by atoms with Gasteiger partial charge in [0.15, 0.2) is 0 Å². The van der Waals surface area contributed by atoms with Crippen molar-refractivity contribution in [3.63, 3.8) is 0 Å². The van der Waals surface area contributed by atoms with Crippen molar-refractivity contribution in [1.82, 2.24) is 19.9 Å². The van der Waals surface area contributed by atoms with Gasteiger partial charge in [0.1, 0.15) is 5.82 Å². The first-order chi connectivity index (χ1) is 8.66. The molecule has 0 fully saturated rings. The van der Waals surface area contributed by atoms with Gasteiger partial charge < -0.3 is 15.0 Å². The smallest absolute Gasteiger partial charge is 0.405 e. The number of hydrogen-bond donors (Lipinski definition) is 2. The molecule has 0 bridgehead atoms. The molecule has 18 heavy (non-hydrogen) atoms. The Hall–Kier alpha value is -2.37. The zero-order valence-corrected chi connectivity index (χ0v) is 9.95. The van der Waals surface area contributed by atoms with Gasteiger partial charge in [-0.2, -0.15) is 0 Å². The summed E-state index contributed by atoms with van der Waals surface area (Å²) in [7, 11) is 0. The minimum Gasteiger partial charge on any atom is -0.465 e. The number of nitrogens with one attached hydrogen (secondary N) is 1. The van der Waals surface area contributed by atoms with E-state index < -0.39 is 6.09 Å². The molecule has 0 aromatic carbocycles. The summed E-state index contributed by atoms with van der Waals surface area (Å²) < 4.78 is 1.91. The van der Waals surface area contributed by atoms with E-state index in [1.165, 1.54) is 0 Å². The zero-order valence-electron chi connectivity index (χ0n) is 9.95. The first-order valence-electron chi connectivity index (χ1n) is 5.56. The van der Waals surface area contributed by atoms with Crippen LogP contribution in [0, 0.1) is 0 Å². The van der Waals surface area contributed by atoms with Crippen molar-refractivity contribution in [2.75, 3.05) is 0 Å². The number of imidazole rings is 1. The van der Waals surface area contributed by atoms with Crippen molar-refractivity contribution in [3.8, 4) is 0 Å². The van der Waals surface area contributed by atoms with E-state index in [9.17, 15) is 4.79 Å². The largest absolute Gasteiger partial charge is 0.465 e. The Balaban J connectivity index is 2.15. The molecule has 0 aliphatic rings. The van der Waals surface area contributed by atoms with Gasteiger partial charge in [-0.05, 0) is 24.6 Å². The fraction of sp³-hybridized carbons (Fsp3) is 0.250. The number of carboxylic acid groups (broad SMARTS) is 1. The van der Waals surface area contributed by atoms with Crippen molar-refractivity contribution >= 4 is 6.09 Å². The fourth-order valence-corrected chi connectivity index (χ4v) is 1.77. The zero-order chi connectivity index (χ0) is 13.0. The summed E-state index contributed by atoms with van der Waals surface area (Å²) in [6.45, 7) is 2.41. The van der Waals surface area contributed by atoms with Crippen LogP contribution >= 0.6 is 0 Å². The van der Waals surface area contributed by atoms with Crippen LogP contribution in [0.1, 0.15) is 24.4 Å². The molecule has 0 radical (unpaired) electrons. The fourth-order valence-electron chi connectivity index (χ4n) is 1.77. The lowest BCUT2D eigenvalue weighted by molar-refractivity contribution is 0.190. The van der Waals surface area contributed by atoms with Crippen LogP contribution in [0.25, 0.3) is 0 Å². The van der Waals surface area contributed by atoms with Crippen LogP contribution < -0.4 is 5.32 Å². The van der Waals surface area contributed by atoms with Crippen LogP contribution in [0.15, 0.2) is 36.9 Å². The van der Waals surface area contributed by atoms with E-state index in [1.807, 2.05) is 22.9 Å². The quantitative estimate of drug-likeness (QED) is 0.859. The van der Waals surface area contributed by atoms with Crippen LogP contribution in [-0.2, 0) is 6.54 Å². The van der Waals surface area contributed by atoms with Crippen LogP contribution in [0.5, 0.6) is 0 Å². The second-order valence-corrected chi connectivity index (χ2v) is 3.94. The lowest BCUT2D eigenvalue weighted by atomic mass is 10.2. The number of hydrogen-bond acceptors (Lipinski definition) is 3. The number of carbonyl (C=O) groups is 1. The number of pyridine rings is 1. The molecule has 2 aromatic rings. The predicted molar refractivity (Wildman–Crippen MR) is 65.1 cm³/mol. The van der Waals surface area contributed by atoms with Gasteiger partial charge in [-0.1, -0.05) is 0 Å². The van der Waals surface area contributed by atoms with Crippen LogP contribution in [0.4, 0.5) is 4.79 Å². The van der Waals surface area contributed by atoms with Gasteiger partial charge in [-0.25, -0.2) is 9.78 Å². The highest BCUT2D eigenvalue weighted by molar-refractivity contribution is 5.64. The highest BCUT2D eigenvalue weighted by Gasteiger charge is 2.13. The van der Waals surface area contributed by atoms with Crippen molar-refractivity contribution in [1.29, 1.82) is 0 Å². The Morgan fingerprint density at radius 1 is 1.44 bits per heavy atom. The van der Waals surface area contributed by atoms with Crippen LogP contribution in [0.2, 0.25) is 0 Å². The molecule has 1 amide bonds. The minimum atomic E-state index is -1.05. The van der Waals surface area contributed by atoms with Crippen molar-refractivity contribution in [3.05, 3.63) is 48.3 Å². The minimum absolute atomic E-state index is 0.348. The van der Waals surface area contributed by atoms with Gasteiger partial charge in [-0.15, -0.1) is 0 Å². The first kappa shape index (κ1) is 12.1. The Labute approximate surface area is 104 Å². The van der Waals surface area contributed by atoms with Gasteiger partial charge in [0.05, 0.1) is 6.04 Å². The summed E-state index contributed by atoms with van der Waals surface area (Å²) in [5, 5.41) is 11.1. The molecule has 2 rings (SSSR count). The Bertz CT molecular complexity index is 524. The maximum atomic E-state index is 10.6. The third kappa shape index (κ3) is 2.85. The summed E-state index contributed by atoms with van der Waals surface area (Å²) in [6.07, 6.45) is 5.89. The van der Waals surface area contributed by atoms with E-state index in [2.05, 4.69) is 15.3 Å². The lowest BCUT2D eigenvalue weighted by Crippen LogP contribution is -2.27. The highest BCUT2D eigenvalue weighted by Crippen LogP contribution is 2.12. The normalized spacial score (nSPS) is 12.1. The molecular formula is C12H14N4O2. The van der Waals surface area contributed by atoms with Crippen molar-refractivity contribution < 1.29 is 9.90 Å². The Kier molecular flexibility index (Phi) is 3.57. The molecule has 0 aliphatic carbocycles. The van der Waals surface area contributed by atoms with E-state index in [0.29, 0.717) is 12.4 Å². The average molecular weight is 246 g/mol. The van der Waals surface area contributed by atoms with Crippen LogP contribution in [0.3, 0.4) is 0 Å². The molecule has 94 valence electrons. The second kappa shape index (κ2) is 5.31. The molecule has 0 aliphatic heterocycles. The molecular weight excluding hydrogens is 232 g/mol. The highest BCUT2D eigenvalue weighted by atomic mass is 16.4. The van der Waals surface area contributed by atoms with E-state index in [1.54, 1.807) is 25.5 Å². The molecule has 0 spiro atoms. The Morgan fingerprint density at radius 3 is 2.83 bits per heavy atom. The van der Waals surface area contributed by atoms with Crippen molar-refractivity contribution in [2.45, 2.75) is 19.5 Å². The molecule has 0 saturated heterocycles. The average Bonchev–Trinajstić information content (AvgIpc) is 2.77. The Morgan fingerprint density at radius 2 is 2.17 bits per heavy atom. The third-order valence-electron chi connectivity index (χ3n) is 2.58. The lowest BCUT2D eigenvalue weighted by Gasteiger charge is -2.13. The van der Waals surface area contributed by atoms with Gasteiger partial charge >= 0.3 is 6.09 Å². The van der Waals surface area contributed by atoms with Crippen LogP contribution in [-0.4, -0.2) is 25.7 Å². The molecule has 2 aromatic heterocycles. The summed E-state index contributed by atoms with van der Waals surface area (Å²) >= 11 is 0. The monoisotopic (exact) mass is 246 g/mol. The summed E-state index contributed by atoms with van der Waals surface area (Å²) in [6, 6.07) is 3.48. The first-order valence-corrected chi connectivity index (χ1v) is 5.56. The second-order valence-electron chi connectivity index (χ2n) is 3.94. The maximum Gasteiger partial charge on any atom is 0.405 e. The third-order valence-corrected chi connectivity index (χ3v) is 2.58. The van der Waals surface area contributed by atoms with Crippen molar-refractivity contribution in [2.24, 2.45) is 0 Å². The molecule has 6 heteroatoms. The predicted octanol–water partition coefficient (Wildman–Crippen LogP) is 1.66. The number of rotatable bonds is 4. The molecule has 1 unspecified atom stereocenters. The van der Waals surface area contributed by atoms with Gasteiger partial charge in [0, 0.05) is 31.3 Å². The standard InChI is InChI=1S/C12H14N4O2/c1-9(15-12(17)18)11-14-6-7-16(11)8-10-2-4-13-5-3-10/h2-7,9,15H,8H2,1H3,(H,17,18). The van der Waals surface area contributed by atoms with Gasteiger partial charge in [0.25, 0.3) is 0 Å². The maximum absolute atomic E-state index is 10.6. The number of amides is 1. The SMILES string of the molecule is CC(NC(=O)O)c1nccn1Cc1ccncc1. The summed E-state index contributed by atoms with van der Waals surface area (Å²) in [5.74, 6) is 0.689. The van der Waals surface area contributed by atoms with E-state index in [0.717, 1.165) is 5.56 Å². The van der Waals surface area contributed by atoms with Gasteiger partial charge in [0.2, 0.25) is 0 Å². The molecule has 2 N–H and O–H groups in total. The van der Waals surface area contributed by atoms with E-state index in [-0.39, 0.29) is 6.04 Å². The molecule has 2 heterocycles. The number of nitrogens with zero attached hydrogens (tertiary/aromatic N) is 3. The summed E-state index contributed by atoms with van der Waals surface area (Å²) in [5.41, 5.74) is 1.09. The molecule has 6 nitrogen and oxygen atoms in total. The summed E-state index contributed by atoms with van der Waals surface area (Å²) in [4.78, 5) is 18.8.